The summed E-state index contributed by atoms with van der Waals surface area (Å²) < 4.78 is 16.5. The smallest absolute Gasteiger partial charge is 0.307 e. The number of carbonyl (C=O) groups excluding carboxylic acids is 3. The maximum absolute atomic E-state index is 12.4. The van der Waals surface area contributed by atoms with Gasteiger partial charge in [-0.05, 0) is 91.1 Å². The standard InChI is InChI=1S/C45H79NO6/c1-5-7-9-11-13-15-17-19-21-23-25-27-29-31-33-35-43(47)50-39-42(41-52-45(49)37-38-46(3)4)40-51-44(48)36-34-32-30-28-26-24-22-20-18-16-14-12-10-8-6-2/h13-16,19-22,42H,5-12,17-18,23-41H2,1-4H3/b15-13-,16-14?,21-19-,22-20-. The number of rotatable bonds is 37. The Morgan fingerprint density at radius 3 is 1.13 bits per heavy atom. The zero-order valence-electron chi connectivity index (χ0n) is 34.1. The van der Waals surface area contributed by atoms with E-state index in [0.29, 0.717) is 19.4 Å². The molecule has 7 nitrogen and oxygen atoms in total. The van der Waals surface area contributed by atoms with Gasteiger partial charge in [-0.25, -0.2) is 0 Å². The second-order valence-corrected chi connectivity index (χ2v) is 14.4. The topological polar surface area (TPSA) is 82.1 Å². The minimum Gasteiger partial charge on any atom is -0.465 e. The van der Waals surface area contributed by atoms with Gasteiger partial charge in [0.05, 0.1) is 12.3 Å². The molecule has 300 valence electrons. The maximum Gasteiger partial charge on any atom is 0.307 e. The third-order valence-electron chi connectivity index (χ3n) is 8.87. The van der Waals surface area contributed by atoms with Crippen LogP contribution in [0.3, 0.4) is 0 Å². The Morgan fingerprint density at radius 1 is 0.442 bits per heavy atom. The summed E-state index contributed by atoms with van der Waals surface area (Å²) in [6.07, 6.45) is 44.0. The number of esters is 3. The van der Waals surface area contributed by atoms with Gasteiger partial charge in [0.1, 0.15) is 19.8 Å². The highest BCUT2D eigenvalue weighted by atomic mass is 16.6. The molecule has 0 aliphatic carbocycles. The summed E-state index contributed by atoms with van der Waals surface area (Å²) in [6.45, 7) is 5.25. The number of carbonyl (C=O) groups is 3. The average molecular weight is 730 g/mol. The summed E-state index contributed by atoms with van der Waals surface area (Å²) in [5.74, 6) is -1.21. The van der Waals surface area contributed by atoms with Crippen LogP contribution < -0.4 is 0 Å². The van der Waals surface area contributed by atoms with Gasteiger partial charge in [-0.15, -0.1) is 0 Å². The van der Waals surface area contributed by atoms with Crippen LogP contribution in [0.15, 0.2) is 48.6 Å². The van der Waals surface area contributed by atoms with Crippen LogP contribution >= 0.6 is 0 Å². The molecule has 0 radical (unpaired) electrons. The predicted octanol–water partition coefficient (Wildman–Crippen LogP) is 11.8. The Bertz CT molecular complexity index is 891. The average Bonchev–Trinajstić information content (AvgIpc) is 3.13. The Hall–Kier alpha value is -2.67. The van der Waals surface area contributed by atoms with Crippen LogP contribution in [0.4, 0.5) is 0 Å². The van der Waals surface area contributed by atoms with Gasteiger partial charge >= 0.3 is 17.9 Å². The molecule has 0 bridgehead atoms. The molecule has 1 unspecified atom stereocenters. The highest BCUT2D eigenvalue weighted by Crippen LogP contribution is 2.12. The van der Waals surface area contributed by atoms with Crippen molar-refractivity contribution in [3.8, 4) is 0 Å². The predicted molar refractivity (Wildman–Crippen MR) is 218 cm³/mol. The Balaban J connectivity index is 4.19. The first-order valence-corrected chi connectivity index (χ1v) is 21.1. The highest BCUT2D eigenvalue weighted by molar-refractivity contribution is 5.70. The number of ether oxygens (including phenoxy) is 3. The van der Waals surface area contributed by atoms with Crippen LogP contribution in [0.5, 0.6) is 0 Å². The van der Waals surface area contributed by atoms with Crippen LogP contribution in [-0.2, 0) is 28.6 Å². The van der Waals surface area contributed by atoms with Gasteiger partial charge in [-0.3, -0.25) is 14.4 Å². The molecule has 0 aromatic heterocycles. The van der Waals surface area contributed by atoms with E-state index < -0.39 is 0 Å². The summed E-state index contributed by atoms with van der Waals surface area (Å²) >= 11 is 0. The molecule has 0 aliphatic rings. The normalized spacial score (nSPS) is 12.6. The number of unbranched alkanes of at least 4 members (excludes halogenated alkanes) is 16. The van der Waals surface area contributed by atoms with E-state index in [1.807, 2.05) is 19.0 Å². The summed E-state index contributed by atoms with van der Waals surface area (Å²) in [4.78, 5) is 39.0. The van der Waals surface area contributed by atoms with E-state index in [0.717, 1.165) is 77.0 Å². The van der Waals surface area contributed by atoms with Crippen molar-refractivity contribution in [1.82, 2.24) is 4.90 Å². The molecular formula is C45H79NO6. The fraction of sp³-hybridized carbons (Fsp3) is 0.756. The van der Waals surface area contributed by atoms with Gasteiger partial charge in [0.15, 0.2) is 0 Å². The van der Waals surface area contributed by atoms with Crippen LogP contribution in [0.25, 0.3) is 0 Å². The van der Waals surface area contributed by atoms with Crippen molar-refractivity contribution in [2.24, 2.45) is 5.92 Å². The van der Waals surface area contributed by atoms with Crippen molar-refractivity contribution in [3.05, 3.63) is 48.6 Å². The molecule has 0 aromatic rings. The first-order chi connectivity index (χ1) is 25.4. The number of hydrogen-bond acceptors (Lipinski definition) is 7. The van der Waals surface area contributed by atoms with Crippen molar-refractivity contribution in [1.29, 1.82) is 0 Å². The first-order valence-electron chi connectivity index (χ1n) is 21.1. The highest BCUT2D eigenvalue weighted by Gasteiger charge is 2.18. The van der Waals surface area contributed by atoms with E-state index in [-0.39, 0.29) is 50.1 Å². The molecule has 0 rings (SSSR count). The maximum atomic E-state index is 12.4. The fourth-order valence-electron chi connectivity index (χ4n) is 5.47. The Labute approximate surface area is 320 Å². The van der Waals surface area contributed by atoms with E-state index in [2.05, 4.69) is 62.5 Å². The van der Waals surface area contributed by atoms with Crippen LogP contribution in [0.1, 0.15) is 174 Å². The zero-order valence-corrected chi connectivity index (χ0v) is 34.1. The molecule has 0 heterocycles. The Morgan fingerprint density at radius 2 is 0.769 bits per heavy atom. The molecule has 0 fully saturated rings. The number of allylic oxidation sites excluding steroid dienone is 8. The monoisotopic (exact) mass is 730 g/mol. The van der Waals surface area contributed by atoms with Crippen LogP contribution in [0.2, 0.25) is 0 Å². The summed E-state index contributed by atoms with van der Waals surface area (Å²) in [5.41, 5.74) is 0. The van der Waals surface area contributed by atoms with E-state index >= 15 is 0 Å². The fourth-order valence-corrected chi connectivity index (χ4v) is 5.47. The third kappa shape index (κ3) is 38.6. The molecule has 52 heavy (non-hydrogen) atoms. The lowest BCUT2D eigenvalue weighted by Crippen LogP contribution is -2.27. The molecule has 0 saturated heterocycles. The molecule has 7 heteroatoms. The van der Waals surface area contributed by atoms with Crippen molar-refractivity contribution in [2.75, 3.05) is 40.5 Å². The summed E-state index contributed by atoms with van der Waals surface area (Å²) in [7, 11) is 3.80. The van der Waals surface area contributed by atoms with Gasteiger partial charge in [0.2, 0.25) is 0 Å². The van der Waals surface area contributed by atoms with Gasteiger partial charge in [-0.1, -0.05) is 127 Å². The van der Waals surface area contributed by atoms with E-state index in [1.54, 1.807) is 0 Å². The van der Waals surface area contributed by atoms with Crippen molar-refractivity contribution in [3.63, 3.8) is 0 Å². The largest absolute Gasteiger partial charge is 0.465 e. The molecular weight excluding hydrogens is 650 g/mol. The second kappa shape index (κ2) is 39.5. The molecule has 1 atom stereocenters. The summed E-state index contributed by atoms with van der Waals surface area (Å²) in [6, 6.07) is 0. The molecule has 0 aliphatic heterocycles. The van der Waals surface area contributed by atoms with Crippen molar-refractivity contribution < 1.29 is 28.6 Å². The van der Waals surface area contributed by atoms with E-state index in [4.69, 9.17) is 14.2 Å². The zero-order chi connectivity index (χ0) is 38.2. The van der Waals surface area contributed by atoms with Gasteiger partial charge < -0.3 is 19.1 Å². The lowest BCUT2D eigenvalue weighted by Gasteiger charge is -2.18. The molecule has 0 spiro atoms. The minimum absolute atomic E-state index is 0.0558. The Kier molecular flexibility index (Phi) is 37.5. The van der Waals surface area contributed by atoms with Crippen molar-refractivity contribution in [2.45, 2.75) is 174 Å². The molecule has 0 saturated carbocycles. The summed E-state index contributed by atoms with van der Waals surface area (Å²) in [5, 5.41) is 0. The van der Waals surface area contributed by atoms with Gasteiger partial charge in [-0.2, -0.15) is 0 Å². The van der Waals surface area contributed by atoms with Crippen molar-refractivity contribution >= 4 is 17.9 Å². The quantitative estimate of drug-likeness (QED) is 0.0272. The SMILES string of the molecule is CCCCCC=CC/C=C\CCCCCCCC(=O)OCC(COC(=O)CCCCCCC/C=C\C/C=C\CCCCC)COC(=O)CCN(C)C. The minimum atomic E-state index is -0.384. The van der Waals surface area contributed by atoms with Gasteiger partial charge in [0, 0.05) is 19.4 Å². The lowest BCUT2D eigenvalue weighted by molar-refractivity contribution is -0.153. The second-order valence-electron chi connectivity index (χ2n) is 14.4. The molecule has 0 amide bonds. The van der Waals surface area contributed by atoms with Crippen LogP contribution in [0, 0.1) is 5.92 Å². The molecule has 0 N–H and O–H groups in total. The first kappa shape index (κ1) is 49.3. The molecule has 0 aromatic carbocycles. The lowest BCUT2D eigenvalue weighted by atomic mass is 10.1. The van der Waals surface area contributed by atoms with Gasteiger partial charge in [0.25, 0.3) is 0 Å². The van der Waals surface area contributed by atoms with E-state index in [9.17, 15) is 14.4 Å². The van der Waals surface area contributed by atoms with E-state index in [1.165, 1.54) is 64.2 Å². The number of hydrogen-bond donors (Lipinski definition) is 0. The van der Waals surface area contributed by atoms with Crippen LogP contribution in [-0.4, -0.2) is 63.3 Å². The number of nitrogens with zero attached hydrogens (tertiary/aromatic N) is 1. The third-order valence-corrected chi connectivity index (χ3v) is 8.87.